The molecule has 0 amide bonds. The number of anilines is 1. The van der Waals surface area contributed by atoms with Gasteiger partial charge in [0.25, 0.3) is 0 Å². The van der Waals surface area contributed by atoms with E-state index >= 15 is 0 Å². The lowest BCUT2D eigenvalue weighted by molar-refractivity contribution is 0.624. The van der Waals surface area contributed by atoms with Crippen LogP contribution in [0.1, 0.15) is 11.1 Å². The van der Waals surface area contributed by atoms with Gasteiger partial charge in [-0.15, -0.1) is 11.8 Å². The van der Waals surface area contributed by atoms with Gasteiger partial charge in [-0.2, -0.15) is 0 Å². The largest absolute Gasteiger partial charge is 0.398 e. The van der Waals surface area contributed by atoms with Crippen LogP contribution in [0.3, 0.4) is 0 Å². The van der Waals surface area contributed by atoms with Crippen LogP contribution in [0.4, 0.5) is 10.1 Å². The lowest BCUT2D eigenvalue weighted by Gasteiger charge is -2.07. The summed E-state index contributed by atoms with van der Waals surface area (Å²) in [7, 11) is 0. The number of nitrogens with two attached hydrogens (primary N) is 1. The first-order chi connectivity index (χ1) is 8.16. The Morgan fingerprint density at radius 1 is 1.18 bits per heavy atom. The lowest BCUT2D eigenvalue weighted by Crippen LogP contribution is -1.91. The van der Waals surface area contributed by atoms with E-state index in [-0.39, 0.29) is 5.82 Å². The average Bonchev–Trinajstić information content (AvgIpc) is 2.32. The van der Waals surface area contributed by atoms with Crippen molar-refractivity contribution < 1.29 is 4.39 Å². The lowest BCUT2D eigenvalue weighted by atomic mass is 10.1. The SMILES string of the molecule is Cc1ccccc1CSc1cc(F)ccc1N. The third kappa shape index (κ3) is 3.01. The van der Waals surface area contributed by atoms with E-state index in [1.807, 2.05) is 12.1 Å². The quantitative estimate of drug-likeness (QED) is 0.655. The van der Waals surface area contributed by atoms with Gasteiger partial charge in [0.2, 0.25) is 0 Å². The number of halogens is 1. The van der Waals surface area contributed by atoms with Crippen molar-refractivity contribution in [3.8, 4) is 0 Å². The van der Waals surface area contributed by atoms with Crippen LogP contribution in [0.2, 0.25) is 0 Å². The van der Waals surface area contributed by atoms with Crippen LogP contribution < -0.4 is 5.73 Å². The molecular formula is C14H14FNS. The highest BCUT2D eigenvalue weighted by atomic mass is 32.2. The molecule has 2 aromatic rings. The fourth-order valence-corrected chi connectivity index (χ4v) is 2.63. The summed E-state index contributed by atoms with van der Waals surface area (Å²) < 4.78 is 13.1. The molecule has 2 N–H and O–H groups in total. The fourth-order valence-electron chi connectivity index (χ4n) is 1.56. The predicted molar refractivity (Wildman–Crippen MR) is 71.6 cm³/mol. The van der Waals surface area contributed by atoms with Crippen molar-refractivity contribution in [1.29, 1.82) is 0 Å². The molecule has 0 spiro atoms. The standard InChI is InChI=1S/C14H14FNS/c1-10-4-2-3-5-11(10)9-17-14-8-12(15)6-7-13(14)16/h2-8H,9,16H2,1H3. The molecule has 0 atom stereocenters. The molecule has 0 aromatic heterocycles. The van der Waals surface area contributed by atoms with Crippen LogP contribution >= 0.6 is 11.8 Å². The van der Waals surface area contributed by atoms with Crippen molar-refractivity contribution >= 4 is 17.4 Å². The van der Waals surface area contributed by atoms with Crippen LogP contribution in [-0.4, -0.2) is 0 Å². The Morgan fingerprint density at radius 2 is 1.94 bits per heavy atom. The molecule has 1 nitrogen and oxygen atoms in total. The molecule has 0 saturated carbocycles. The maximum absolute atomic E-state index is 13.1. The first kappa shape index (κ1) is 12.0. The number of aryl methyl sites for hydroxylation is 1. The Bertz CT molecular complexity index is 525. The Morgan fingerprint density at radius 3 is 2.71 bits per heavy atom. The van der Waals surface area contributed by atoms with Crippen molar-refractivity contribution in [2.45, 2.75) is 17.6 Å². The van der Waals surface area contributed by atoms with E-state index in [0.717, 1.165) is 10.6 Å². The second kappa shape index (κ2) is 5.23. The molecule has 2 aromatic carbocycles. The Labute approximate surface area is 105 Å². The summed E-state index contributed by atoms with van der Waals surface area (Å²) in [4.78, 5) is 0.799. The van der Waals surface area contributed by atoms with E-state index in [2.05, 4.69) is 19.1 Å². The molecule has 3 heteroatoms. The van der Waals surface area contributed by atoms with Gasteiger partial charge >= 0.3 is 0 Å². The summed E-state index contributed by atoms with van der Waals surface area (Å²) in [6, 6.07) is 12.7. The molecule has 17 heavy (non-hydrogen) atoms. The Balaban J connectivity index is 2.12. The van der Waals surface area contributed by atoms with Crippen LogP contribution in [-0.2, 0) is 5.75 Å². The number of hydrogen-bond acceptors (Lipinski definition) is 2. The summed E-state index contributed by atoms with van der Waals surface area (Å²) in [5.74, 6) is 0.562. The zero-order chi connectivity index (χ0) is 12.3. The second-order valence-corrected chi connectivity index (χ2v) is 4.91. The van der Waals surface area contributed by atoms with Crippen molar-refractivity contribution in [3.63, 3.8) is 0 Å². The smallest absolute Gasteiger partial charge is 0.124 e. The van der Waals surface area contributed by atoms with Gasteiger partial charge < -0.3 is 5.73 Å². The van der Waals surface area contributed by atoms with Gasteiger partial charge in [0, 0.05) is 16.3 Å². The van der Waals surface area contributed by atoms with E-state index in [4.69, 9.17) is 5.73 Å². The van der Waals surface area contributed by atoms with Crippen molar-refractivity contribution in [3.05, 3.63) is 59.4 Å². The minimum Gasteiger partial charge on any atom is -0.398 e. The van der Waals surface area contributed by atoms with Gasteiger partial charge in [0.05, 0.1) is 0 Å². The van der Waals surface area contributed by atoms with E-state index < -0.39 is 0 Å². The normalized spacial score (nSPS) is 10.5. The molecule has 0 heterocycles. The third-order valence-corrected chi connectivity index (χ3v) is 3.74. The summed E-state index contributed by atoms with van der Waals surface area (Å²) in [6.45, 7) is 2.07. The van der Waals surface area contributed by atoms with E-state index in [9.17, 15) is 4.39 Å². The zero-order valence-corrected chi connectivity index (χ0v) is 10.4. The van der Waals surface area contributed by atoms with Crippen molar-refractivity contribution in [2.24, 2.45) is 0 Å². The van der Waals surface area contributed by atoms with Gasteiger partial charge in [0.1, 0.15) is 5.82 Å². The molecule has 0 aliphatic rings. The summed E-state index contributed by atoms with van der Waals surface area (Å²) in [5, 5.41) is 0. The summed E-state index contributed by atoms with van der Waals surface area (Å²) >= 11 is 1.56. The number of nitrogen functional groups attached to an aromatic ring is 1. The van der Waals surface area contributed by atoms with Crippen molar-refractivity contribution in [1.82, 2.24) is 0 Å². The molecule has 0 fully saturated rings. The minimum atomic E-state index is -0.244. The topological polar surface area (TPSA) is 26.0 Å². The highest BCUT2D eigenvalue weighted by Crippen LogP contribution is 2.29. The molecule has 0 radical (unpaired) electrons. The summed E-state index contributed by atoms with van der Waals surface area (Å²) in [6.07, 6.45) is 0. The maximum Gasteiger partial charge on any atom is 0.124 e. The summed E-state index contributed by atoms with van der Waals surface area (Å²) in [5.41, 5.74) is 8.93. The van der Waals surface area contributed by atoms with E-state index in [1.165, 1.54) is 23.3 Å². The van der Waals surface area contributed by atoms with E-state index in [0.29, 0.717) is 5.69 Å². The molecule has 0 aliphatic carbocycles. The first-order valence-corrected chi connectivity index (χ1v) is 6.37. The van der Waals surface area contributed by atoms with E-state index in [1.54, 1.807) is 17.8 Å². The second-order valence-electron chi connectivity index (χ2n) is 3.90. The highest BCUT2D eigenvalue weighted by Gasteiger charge is 2.03. The van der Waals surface area contributed by atoms with Gasteiger partial charge in [-0.25, -0.2) is 4.39 Å². The fraction of sp³-hybridized carbons (Fsp3) is 0.143. The van der Waals surface area contributed by atoms with Gasteiger partial charge in [-0.3, -0.25) is 0 Å². The van der Waals surface area contributed by atoms with Crippen LogP contribution in [0.25, 0.3) is 0 Å². The molecule has 0 aliphatic heterocycles. The molecule has 0 bridgehead atoms. The number of rotatable bonds is 3. The first-order valence-electron chi connectivity index (χ1n) is 5.39. The molecule has 0 unspecified atom stereocenters. The van der Waals surface area contributed by atoms with Gasteiger partial charge in [0.15, 0.2) is 0 Å². The molecular weight excluding hydrogens is 233 g/mol. The Hall–Kier alpha value is -1.48. The number of hydrogen-bond donors (Lipinski definition) is 1. The van der Waals surface area contributed by atoms with Crippen molar-refractivity contribution in [2.75, 3.05) is 5.73 Å². The van der Waals surface area contributed by atoms with Crippen LogP contribution in [0, 0.1) is 12.7 Å². The zero-order valence-electron chi connectivity index (χ0n) is 9.61. The highest BCUT2D eigenvalue weighted by molar-refractivity contribution is 7.98. The Kier molecular flexibility index (Phi) is 3.69. The minimum absolute atomic E-state index is 0.244. The predicted octanol–water partition coefficient (Wildman–Crippen LogP) is 4.01. The average molecular weight is 247 g/mol. The maximum atomic E-state index is 13.1. The van der Waals surface area contributed by atoms with Crippen LogP contribution in [0.15, 0.2) is 47.4 Å². The number of benzene rings is 2. The van der Waals surface area contributed by atoms with Gasteiger partial charge in [-0.05, 0) is 36.2 Å². The molecule has 0 saturated heterocycles. The third-order valence-electron chi connectivity index (χ3n) is 2.62. The monoisotopic (exact) mass is 247 g/mol. The number of thioether (sulfide) groups is 1. The molecule has 88 valence electrons. The molecule has 2 rings (SSSR count). The van der Waals surface area contributed by atoms with Crippen LogP contribution in [0.5, 0.6) is 0 Å². The van der Waals surface area contributed by atoms with Gasteiger partial charge in [-0.1, -0.05) is 24.3 Å².